The lowest BCUT2D eigenvalue weighted by molar-refractivity contribution is -0.117. The van der Waals surface area contributed by atoms with E-state index < -0.39 is 0 Å². The molecule has 4 nitrogen and oxygen atoms in total. The van der Waals surface area contributed by atoms with E-state index in [4.69, 9.17) is 5.26 Å². The van der Waals surface area contributed by atoms with Gasteiger partial charge in [-0.15, -0.1) is 0 Å². The van der Waals surface area contributed by atoms with Crippen LogP contribution in [0.15, 0.2) is 42.7 Å². The van der Waals surface area contributed by atoms with E-state index in [0.29, 0.717) is 11.3 Å². The van der Waals surface area contributed by atoms with Crippen LogP contribution < -0.4 is 5.32 Å². The lowest BCUT2D eigenvalue weighted by atomic mass is 9.98. The van der Waals surface area contributed by atoms with Crippen LogP contribution in [-0.4, -0.2) is 10.9 Å². The van der Waals surface area contributed by atoms with E-state index in [9.17, 15) is 4.79 Å². The highest BCUT2D eigenvalue weighted by atomic mass is 16.1. The van der Waals surface area contributed by atoms with Crippen molar-refractivity contribution in [2.75, 3.05) is 5.32 Å². The molecule has 20 heavy (non-hydrogen) atoms. The van der Waals surface area contributed by atoms with Crippen molar-refractivity contribution in [2.45, 2.75) is 19.8 Å². The highest BCUT2D eigenvalue weighted by Gasteiger charge is 2.16. The van der Waals surface area contributed by atoms with Crippen molar-refractivity contribution in [3.05, 3.63) is 59.4 Å². The second-order valence-corrected chi connectivity index (χ2v) is 4.64. The van der Waals surface area contributed by atoms with Gasteiger partial charge >= 0.3 is 0 Å². The molecule has 1 atom stereocenters. The van der Waals surface area contributed by atoms with Gasteiger partial charge in [0.25, 0.3) is 0 Å². The van der Waals surface area contributed by atoms with E-state index in [0.717, 1.165) is 11.1 Å². The van der Waals surface area contributed by atoms with Gasteiger partial charge in [0, 0.05) is 6.20 Å². The van der Waals surface area contributed by atoms with Gasteiger partial charge in [0.05, 0.1) is 29.4 Å². The summed E-state index contributed by atoms with van der Waals surface area (Å²) in [4.78, 5) is 16.2. The maximum absolute atomic E-state index is 12.2. The molecule has 4 heteroatoms. The fourth-order valence-electron chi connectivity index (χ4n) is 1.86. The van der Waals surface area contributed by atoms with Gasteiger partial charge in [-0.3, -0.25) is 9.78 Å². The molecule has 0 spiro atoms. The molecule has 100 valence electrons. The van der Waals surface area contributed by atoms with Crippen molar-refractivity contribution in [2.24, 2.45) is 0 Å². The first-order valence-electron chi connectivity index (χ1n) is 6.33. The van der Waals surface area contributed by atoms with E-state index >= 15 is 0 Å². The third-order valence-corrected chi connectivity index (χ3v) is 3.21. The first kappa shape index (κ1) is 13.8. The van der Waals surface area contributed by atoms with Crippen molar-refractivity contribution < 1.29 is 4.79 Å². The Morgan fingerprint density at radius 3 is 2.90 bits per heavy atom. The number of rotatable bonds is 3. The number of aromatic nitrogens is 1. The molecule has 0 aliphatic heterocycles. The number of carbonyl (C=O) groups excluding carboxylic acids is 1. The van der Waals surface area contributed by atoms with Crippen molar-refractivity contribution in [3.63, 3.8) is 0 Å². The molecule has 0 bridgehead atoms. The monoisotopic (exact) mass is 265 g/mol. The molecule has 0 aliphatic carbocycles. The second-order valence-electron chi connectivity index (χ2n) is 4.64. The largest absolute Gasteiger partial charge is 0.324 e. The Bertz CT molecular complexity index is 673. The number of nitrogens with zero attached hydrogens (tertiary/aromatic N) is 2. The fourth-order valence-corrected chi connectivity index (χ4v) is 1.86. The Kier molecular flexibility index (Phi) is 4.11. The van der Waals surface area contributed by atoms with Crippen LogP contribution in [0.1, 0.15) is 29.5 Å². The summed E-state index contributed by atoms with van der Waals surface area (Å²) in [6.45, 7) is 3.73. The molecule has 2 aromatic rings. The summed E-state index contributed by atoms with van der Waals surface area (Å²) in [7, 11) is 0. The number of hydrogen-bond acceptors (Lipinski definition) is 3. The molecule has 0 unspecified atom stereocenters. The summed E-state index contributed by atoms with van der Waals surface area (Å²) < 4.78 is 0. The summed E-state index contributed by atoms with van der Waals surface area (Å²) in [6.07, 6.45) is 3.32. The summed E-state index contributed by atoms with van der Waals surface area (Å²) in [5.74, 6) is -0.445. The molecular formula is C16H15N3O. The third-order valence-electron chi connectivity index (χ3n) is 3.21. The van der Waals surface area contributed by atoms with Gasteiger partial charge in [-0.1, -0.05) is 12.1 Å². The Morgan fingerprint density at radius 2 is 2.20 bits per heavy atom. The zero-order chi connectivity index (χ0) is 14.5. The number of benzene rings is 1. The van der Waals surface area contributed by atoms with E-state index in [-0.39, 0.29) is 11.8 Å². The Balaban J connectivity index is 2.17. The molecule has 0 aliphatic rings. The van der Waals surface area contributed by atoms with Crippen LogP contribution in [-0.2, 0) is 4.79 Å². The topological polar surface area (TPSA) is 65.8 Å². The Labute approximate surface area is 118 Å². The third kappa shape index (κ3) is 3.01. The molecule has 0 fully saturated rings. The Hall–Kier alpha value is -2.67. The van der Waals surface area contributed by atoms with Crippen LogP contribution in [0.3, 0.4) is 0 Å². The molecule has 0 radical (unpaired) electrons. The summed E-state index contributed by atoms with van der Waals surface area (Å²) >= 11 is 0. The molecule has 1 heterocycles. The minimum atomic E-state index is -0.331. The van der Waals surface area contributed by atoms with Crippen LogP contribution >= 0.6 is 0 Å². The first-order chi connectivity index (χ1) is 9.61. The number of nitrogens with one attached hydrogen (secondary N) is 1. The molecule has 1 aromatic carbocycles. The number of nitriles is 1. The van der Waals surface area contributed by atoms with Crippen LogP contribution in [0, 0.1) is 18.3 Å². The quantitative estimate of drug-likeness (QED) is 0.927. The van der Waals surface area contributed by atoms with Crippen molar-refractivity contribution in [1.82, 2.24) is 4.98 Å². The Morgan fingerprint density at radius 1 is 1.40 bits per heavy atom. The van der Waals surface area contributed by atoms with E-state index in [1.807, 2.05) is 26.0 Å². The molecule has 1 amide bonds. The standard InChI is InChI=1S/C16H15N3O/c1-11-6-7-18-10-15(11)19-16(20)12(2)14-5-3-4-13(8-14)9-17/h3-8,10,12H,1-2H3,(H,19,20)/t12-/m1/s1. The van der Waals surface area contributed by atoms with Crippen molar-refractivity contribution in [3.8, 4) is 6.07 Å². The predicted molar refractivity (Wildman–Crippen MR) is 77.2 cm³/mol. The minimum absolute atomic E-state index is 0.115. The zero-order valence-corrected chi connectivity index (χ0v) is 11.4. The average molecular weight is 265 g/mol. The first-order valence-corrected chi connectivity index (χ1v) is 6.33. The van der Waals surface area contributed by atoms with Gasteiger partial charge < -0.3 is 5.32 Å². The van der Waals surface area contributed by atoms with E-state index in [1.54, 1.807) is 30.6 Å². The number of anilines is 1. The molecule has 0 saturated heterocycles. The van der Waals surface area contributed by atoms with Gasteiger partial charge in [-0.25, -0.2) is 0 Å². The lowest BCUT2D eigenvalue weighted by Crippen LogP contribution is -2.19. The number of hydrogen-bond donors (Lipinski definition) is 1. The normalized spacial score (nSPS) is 11.4. The minimum Gasteiger partial charge on any atom is -0.324 e. The molecule has 2 rings (SSSR count). The molecule has 0 saturated carbocycles. The second kappa shape index (κ2) is 5.98. The number of pyridine rings is 1. The average Bonchev–Trinajstić information content (AvgIpc) is 2.48. The van der Waals surface area contributed by atoms with Gasteiger partial charge in [-0.2, -0.15) is 5.26 Å². The molecule has 1 N–H and O–H groups in total. The smallest absolute Gasteiger partial charge is 0.231 e. The highest BCUT2D eigenvalue weighted by molar-refractivity contribution is 5.96. The summed E-state index contributed by atoms with van der Waals surface area (Å²) in [5, 5.41) is 11.8. The van der Waals surface area contributed by atoms with Gasteiger partial charge in [0.1, 0.15) is 0 Å². The number of amides is 1. The van der Waals surface area contributed by atoms with Crippen LogP contribution in [0.5, 0.6) is 0 Å². The van der Waals surface area contributed by atoms with Crippen LogP contribution in [0.4, 0.5) is 5.69 Å². The fraction of sp³-hybridized carbons (Fsp3) is 0.188. The maximum Gasteiger partial charge on any atom is 0.231 e. The van der Waals surface area contributed by atoms with E-state index in [1.165, 1.54) is 0 Å². The number of carbonyl (C=O) groups is 1. The molecule has 1 aromatic heterocycles. The van der Waals surface area contributed by atoms with Gasteiger partial charge in [-0.05, 0) is 43.2 Å². The predicted octanol–water partition coefficient (Wildman–Crippen LogP) is 3.00. The summed E-state index contributed by atoms with van der Waals surface area (Å²) in [6, 6.07) is 11.0. The van der Waals surface area contributed by atoms with Crippen LogP contribution in [0.2, 0.25) is 0 Å². The molecular weight excluding hydrogens is 250 g/mol. The maximum atomic E-state index is 12.2. The van der Waals surface area contributed by atoms with Gasteiger partial charge in [0.15, 0.2) is 0 Å². The zero-order valence-electron chi connectivity index (χ0n) is 11.4. The van der Waals surface area contributed by atoms with Gasteiger partial charge in [0.2, 0.25) is 5.91 Å². The highest BCUT2D eigenvalue weighted by Crippen LogP contribution is 2.20. The van der Waals surface area contributed by atoms with Crippen molar-refractivity contribution >= 4 is 11.6 Å². The van der Waals surface area contributed by atoms with E-state index in [2.05, 4.69) is 16.4 Å². The van der Waals surface area contributed by atoms with Crippen LogP contribution in [0.25, 0.3) is 0 Å². The lowest BCUT2D eigenvalue weighted by Gasteiger charge is -2.13. The van der Waals surface area contributed by atoms with Crippen molar-refractivity contribution in [1.29, 1.82) is 5.26 Å². The summed E-state index contributed by atoms with van der Waals surface area (Å²) in [5.41, 5.74) is 3.05. The SMILES string of the molecule is Cc1ccncc1NC(=O)[C@H](C)c1cccc(C#N)c1. The number of aryl methyl sites for hydroxylation is 1.